The molecule has 2 heterocycles. The maximum Gasteiger partial charge on any atom is 0.143 e. The highest BCUT2D eigenvalue weighted by atomic mass is 79.9. The van der Waals surface area contributed by atoms with Gasteiger partial charge in [0.15, 0.2) is 0 Å². The van der Waals surface area contributed by atoms with Gasteiger partial charge in [-0.05, 0) is 55.5 Å². The number of anilines is 1. The van der Waals surface area contributed by atoms with Gasteiger partial charge in [-0.2, -0.15) is 4.68 Å². The third kappa shape index (κ3) is 2.82. The summed E-state index contributed by atoms with van der Waals surface area (Å²) < 4.78 is 2.78. The molecule has 3 rings (SSSR count). The summed E-state index contributed by atoms with van der Waals surface area (Å²) in [6.07, 6.45) is 1.59. The van der Waals surface area contributed by atoms with Gasteiger partial charge in [-0.25, -0.2) is 0 Å². The number of hydrogen-bond donors (Lipinski definition) is 1. The fraction of sp³-hybridized carbons (Fsp3) is 0.0833. The van der Waals surface area contributed by atoms with Crippen molar-refractivity contribution in [2.75, 3.05) is 5.32 Å². The van der Waals surface area contributed by atoms with E-state index in [1.165, 1.54) is 5.56 Å². The minimum Gasteiger partial charge on any atom is -0.379 e. The first-order valence-electron chi connectivity index (χ1n) is 5.62. The number of tetrazole rings is 1. The molecule has 0 fully saturated rings. The largest absolute Gasteiger partial charge is 0.379 e. The van der Waals surface area contributed by atoms with Gasteiger partial charge in [0.2, 0.25) is 0 Å². The molecule has 7 heteroatoms. The van der Waals surface area contributed by atoms with Gasteiger partial charge in [-0.3, -0.25) is 0 Å². The fourth-order valence-electron chi connectivity index (χ4n) is 1.73. The molecule has 0 saturated heterocycles. The van der Waals surface area contributed by atoms with Crippen molar-refractivity contribution in [2.24, 2.45) is 0 Å². The van der Waals surface area contributed by atoms with Crippen molar-refractivity contribution in [3.8, 4) is 5.69 Å². The molecule has 19 heavy (non-hydrogen) atoms. The average Bonchev–Trinajstić information content (AvgIpc) is 3.08. The second kappa shape index (κ2) is 5.50. The molecule has 0 atom stereocenters. The smallest absolute Gasteiger partial charge is 0.143 e. The Morgan fingerprint density at radius 3 is 2.95 bits per heavy atom. The summed E-state index contributed by atoms with van der Waals surface area (Å²) in [5, 5.41) is 16.8. The third-order valence-electron chi connectivity index (χ3n) is 2.60. The minimum atomic E-state index is 0.765. The maximum absolute atomic E-state index is 3.92. The molecule has 2 aromatic heterocycles. The van der Waals surface area contributed by atoms with Gasteiger partial charge in [-0.15, -0.1) is 16.4 Å². The zero-order chi connectivity index (χ0) is 13.1. The first-order chi connectivity index (χ1) is 9.33. The lowest BCUT2D eigenvalue weighted by atomic mass is 10.2. The number of halogens is 1. The molecule has 1 aromatic carbocycles. The van der Waals surface area contributed by atoms with Crippen LogP contribution < -0.4 is 5.32 Å². The molecule has 0 unspecified atom stereocenters. The highest BCUT2D eigenvalue weighted by Gasteiger charge is 2.05. The van der Waals surface area contributed by atoms with Crippen molar-refractivity contribution in [1.82, 2.24) is 20.2 Å². The monoisotopic (exact) mass is 335 g/mol. The highest BCUT2D eigenvalue weighted by molar-refractivity contribution is 9.11. The highest BCUT2D eigenvalue weighted by Crippen LogP contribution is 2.23. The molecule has 0 amide bonds. The number of para-hydroxylation sites is 2. The Bertz CT molecular complexity index is 664. The van der Waals surface area contributed by atoms with Gasteiger partial charge in [0, 0.05) is 6.54 Å². The maximum atomic E-state index is 3.92. The summed E-state index contributed by atoms with van der Waals surface area (Å²) in [4.78, 5) is 0. The molecule has 0 bridgehead atoms. The Balaban J connectivity index is 1.81. The Kier molecular flexibility index (Phi) is 3.56. The van der Waals surface area contributed by atoms with E-state index in [2.05, 4.69) is 48.2 Å². The molecule has 0 aliphatic heterocycles. The Hall–Kier alpha value is -1.73. The molecular formula is C12H10BrN5S. The predicted octanol–water partition coefficient (Wildman–Crippen LogP) is 3.10. The quantitative estimate of drug-likeness (QED) is 0.795. The number of rotatable bonds is 4. The van der Waals surface area contributed by atoms with Crippen molar-refractivity contribution in [1.29, 1.82) is 0 Å². The van der Waals surface area contributed by atoms with Crippen LogP contribution in [0.2, 0.25) is 0 Å². The van der Waals surface area contributed by atoms with E-state index in [1.807, 2.05) is 24.3 Å². The second-order valence-electron chi connectivity index (χ2n) is 3.88. The van der Waals surface area contributed by atoms with E-state index in [9.17, 15) is 0 Å². The van der Waals surface area contributed by atoms with E-state index in [0.29, 0.717) is 0 Å². The van der Waals surface area contributed by atoms with Gasteiger partial charge in [0.25, 0.3) is 0 Å². The van der Waals surface area contributed by atoms with Crippen LogP contribution in [0.15, 0.2) is 45.8 Å². The molecule has 96 valence electrons. The van der Waals surface area contributed by atoms with E-state index < -0.39 is 0 Å². The SMILES string of the molecule is Brc1cc(CNc2ccccc2-n2cnnn2)cs1. The topological polar surface area (TPSA) is 55.6 Å². The van der Waals surface area contributed by atoms with Crippen molar-refractivity contribution < 1.29 is 0 Å². The summed E-state index contributed by atoms with van der Waals surface area (Å²) in [5.74, 6) is 0. The molecule has 0 aliphatic rings. The molecular weight excluding hydrogens is 326 g/mol. The first kappa shape index (κ1) is 12.3. The van der Waals surface area contributed by atoms with Crippen molar-refractivity contribution in [2.45, 2.75) is 6.54 Å². The summed E-state index contributed by atoms with van der Waals surface area (Å²) in [7, 11) is 0. The number of thiophene rings is 1. The normalized spacial score (nSPS) is 10.6. The summed E-state index contributed by atoms with van der Waals surface area (Å²) in [6, 6.07) is 10.0. The molecule has 0 aliphatic carbocycles. The lowest BCUT2D eigenvalue weighted by Crippen LogP contribution is -2.04. The predicted molar refractivity (Wildman–Crippen MR) is 78.5 cm³/mol. The first-order valence-corrected chi connectivity index (χ1v) is 7.29. The van der Waals surface area contributed by atoms with Crippen LogP contribution in [0, 0.1) is 0 Å². The van der Waals surface area contributed by atoms with Crippen LogP contribution in [0.5, 0.6) is 0 Å². The van der Waals surface area contributed by atoms with Crippen LogP contribution in [-0.2, 0) is 6.54 Å². The minimum absolute atomic E-state index is 0.765. The zero-order valence-electron chi connectivity index (χ0n) is 9.82. The van der Waals surface area contributed by atoms with Gasteiger partial charge in [-0.1, -0.05) is 12.1 Å². The van der Waals surface area contributed by atoms with Crippen LogP contribution in [0.1, 0.15) is 5.56 Å². The number of benzene rings is 1. The molecule has 0 spiro atoms. The standard InChI is InChI=1S/C12H10BrN5S/c13-12-5-9(7-19-12)6-14-10-3-1-2-4-11(10)18-8-15-16-17-18/h1-5,7-8,14H,6H2. The molecule has 0 radical (unpaired) electrons. The van der Waals surface area contributed by atoms with Gasteiger partial charge in [0.1, 0.15) is 6.33 Å². The van der Waals surface area contributed by atoms with Gasteiger partial charge in [0.05, 0.1) is 15.2 Å². The Labute approximate surface area is 122 Å². The second-order valence-corrected chi connectivity index (χ2v) is 6.17. The van der Waals surface area contributed by atoms with Crippen LogP contribution in [0.4, 0.5) is 5.69 Å². The summed E-state index contributed by atoms with van der Waals surface area (Å²) in [6.45, 7) is 0.765. The van der Waals surface area contributed by atoms with Crippen LogP contribution in [0.3, 0.4) is 0 Å². The molecule has 0 saturated carbocycles. The lowest BCUT2D eigenvalue weighted by molar-refractivity contribution is 0.789. The fourth-order valence-corrected chi connectivity index (χ4v) is 2.94. The summed E-state index contributed by atoms with van der Waals surface area (Å²) >= 11 is 5.15. The van der Waals surface area contributed by atoms with E-state index in [4.69, 9.17) is 0 Å². The molecule has 1 N–H and O–H groups in total. The zero-order valence-corrected chi connectivity index (χ0v) is 12.2. The van der Waals surface area contributed by atoms with Crippen LogP contribution >= 0.6 is 27.3 Å². The van der Waals surface area contributed by atoms with E-state index in [-0.39, 0.29) is 0 Å². The van der Waals surface area contributed by atoms with Crippen molar-refractivity contribution in [3.05, 3.63) is 51.4 Å². The van der Waals surface area contributed by atoms with Crippen molar-refractivity contribution >= 4 is 33.0 Å². The Morgan fingerprint density at radius 1 is 1.32 bits per heavy atom. The van der Waals surface area contributed by atoms with E-state index in [1.54, 1.807) is 22.3 Å². The average molecular weight is 336 g/mol. The molecule has 5 nitrogen and oxygen atoms in total. The molecule has 3 aromatic rings. The van der Waals surface area contributed by atoms with Crippen molar-refractivity contribution in [3.63, 3.8) is 0 Å². The van der Waals surface area contributed by atoms with E-state index >= 15 is 0 Å². The number of aromatic nitrogens is 4. The third-order valence-corrected chi connectivity index (χ3v) is 4.16. The summed E-state index contributed by atoms with van der Waals surface area (Å²) in [5.41, 5.74) is 3.17. The van der Waals surface area contributed by atoms with Crippen LogP contribution in [0.25, 0.3) is 5.69 Å². The Morgan fingerprint density at radius 2 is 2.21 bits per heavy atom. The van der Waals surface area contributed by atoms with Gasteiger partial charge >= 0.3 is 0 Å². The number of nitrogens with zero attached hydrogens (tertiary/aromatic N) is 4. The lowest BCUT2D eigenvalue weighted by Gasteiger charge is -2.10. The van der Waals surface area contributed by atoms with Crippen LogP contribution in [-0.4, -0.2) is 20.2 Å². The number of nitrogens with one attached hydrogen (secondary N) is 1. The van der Waals surface area contributed by atoms with E-state index in [0.717, 1.165) is 21.7 Å². The number of hydrogen-bond acceptors (Lipinski definition) is 5. The van der Waals surface area contributed by atoms with Gasteiger partial charge < -0.3 is 5.32 Å².